The van der Waals surface area contributed by atoms with E-state index in [0.717, 1.165) is 29.0 Å². The molecule has 0 saturated carbocycles. The van der Waals surface area contributed by atoms with Crippen molar-refractivity contribution in [3.63, 3.8) is 0 Å². The maximum Gasteiger partial charge on any atom is 0.323 e. The summed E-state index contributed by atoms with van der Waals surface area (Å²) in [7, 11) is 1.65. The minimum atomic E-state index is -0.210. The van der Waals surface area contributed by atoms with Crippen LogP contribution in [0, 0.1) is 13.8 Å². The van der Waals surface area contributed by atoms with E-state index in [-0.39, 0.29) is 12.0 Å². The van der Waals surface area contributed by atoms with Crippen LogP contribution in [0.1, 0.15) is 23.2 Å². The first kappa shape index (κ1) is 12.8. The third-order valence-electron chi connectivity index (χ3n) is 3.20. The lowest BCUT2D eigenvalue weighted by Gasteiger charge is -2.14. The summed E-state index contributed by atoms with van der Waals surface area (Å²) in [5.41, 5.74) is 2.92. The first-order valence-electron chi connectivity index (χ1n) is 6.02. The summed E-state index contributed by atoms with van der Waals surface area (Å²) in [5, 5.41) is 3.17. The number of rotatable bonds is 4. The zero-order valence-corrected chi connectivity index (χ0v) is 10.9. The highest BCUT2D eigenvalue weighted by atomic mass is 16.5. The van der Waals surface area contributed by atoms with E-state index in [0.29, 0.717) is 13.2 Å². The Morgan fingerprint density at radius 2 is 2.33 bits per heavy atom. The van der Waals surface area contributed by atoms with Gasteiger partial charge in [-0.15, -0.1) is 0 Å². The van der Waals surface area contributed by atoms with Gasteiger partial charge in [-0.2, -0.15) is 0 Å². The normalized spacial score (nSPS) is 18.8. The lowest BCUT2D eigenvalue weighted by molar-refractivity contribution is -0.139. The van der Waals surface area contributed by atoms with E-state index < -0.39 is 0 Å². The Balaban J connectivity index is 2.07. The predicted molar refractivity (Wildman–Crippen MR) is 66.5 cm³/mol. The summed E-state index contributed by atoms with van der Waals surface area (Å²) < 4.78 is 10.3. The summed E-state index contributed by atoms with van der Waals surface area (Å²) in [6.45, 7) is 4.98. The van der Waals surface area contributed by atoms with Gasteiger partial charge in [0.1, 0.15) is 11.8 Å². The highest BCUT2D eigenvalue weighted by Crippen LogP contribution is 2.24. The number of nitrogens with one attached hydrogen (secondary N) is 1. The number of carbonyl (C=O) groups is 1. The Morgan fingerprint density at radius 3 is 2.94 bits per heavy atom. The molecule has 1 fully saturated rings. The van der Waals surface area contributed by atoms with E-state index in [4.69, 9.17) is 9.47 Å². The second kappa shape index (κ2) is 5.35. The van der Waals surface area contributed by atoms with Gasteiger partial charge >= 0.3 is 5.97 Å². The van der Waals surface area contributed by atoms with E-state index in [9.17, 15) is 4.79 Å². The first-order chi connectivity index (χ1) is 8.63. The molecule has 1 aliphatic heterocycles. The minimum absolute atomic E-state index is 0.174. The molecule has 0 amide bonds. The number of cyclic esters (lactones) is 1. The fourth-order valence-electron chi connectivity index (χ4n) is 2.15. The molecule has 1 unspecified atom stereocenters. The molecule has 1 atom stereocenters. The Bertz CT molecular complexity index is 460. The van der Waals surface area contributed by atoms with Gasteiger partial charge in [-0.3, -0.25) is 15.1 Å². The van der Waals surface area contributed by atoms with Crippen LogP contribution in [-0.4, -0.2) is 30.7 Å². The molecule has 98 valence electrons. The van der Waals surface area contributed by atoms with Crippen molar-refractivity contribution < 1.29 is 14.3 Å². The predicted octanol–water partition coefficient (Wildman–Crippen LogP) is 1.11. The number of aryl methyl sites for hydroxylation is 1. The maximum atomic E-state index is 11.3. The van der Waals surface area contributed by atoms with Gasteiger partial charge < -0.3 is 9.47 Å². The molecule has 1 aromatic heterocycles. The van der Waals surface area contributed by atoms with Gasteiger partial charge in [0.2, 0.25) is 0 Å². The van der Waals surface area contributed by atoms with E-state index in [1.807, 2.05) is 13.8 Å². The first-order valence-corrected chi connectivity index (χ1v) is 6.02. The number of ether oxygens (including phenoxy) is 2. The zero-order chi connectivity index (χ0) is 13.1. The van der Waals surface area contributed by atoms with E-state index in [2.05, 4.69) is 10.3 Å². The third kappa shape index (κ3) is 2.46. The summed E-state index contributed by atoms with van der Waals surface area (Å²) in [5.74, 6) is 0.683. The molecule has 0 aliphatic carbocycles. The summed E-state index contributed by atoms with van der Waals surface area (Å²) >= 11 is 0. The molecule has 2 heterocycles. The van der Waals surface area contributed by atoms with Crippen LogP contribution in [0.5, 0.6) is 5.75 Å². The van der Waals surface area contributed by atoms with Crippen LogP contribution in [0.15, 0.2) is 6.20 Å². The maximum absolute atomic E-state index is 11.3. The van der Waals surface area contributed by atoms with Crippen LogP contribution >= 0.6 is 0 Å². The number of pyridine rings is 1. The van der Waals surface area contributed by atoms with Crippen molar-refractivity contribution in [1.29, 1.82) is 0 Å². The molecule has 0 spiro atoms. The molecular weight excluding hydrogens is 232 g/mol. The second-order valence-corrected chi connectivity index (χ2v) is 4.44. The quantitative estimate of drug-likeness (QED) is 0.811. The van der Waals surface area contributed by atoms with Gasteiger partial charge in [0.15, 0.2) is 0 Å². The van der Waals surface area contributed by atoms with Crippen molar-refractivity contribution in [2.75, 3.05) is 13.7 Å². The van der Waals surface area contributed by atoms with Crippen LogP contribution in [0.3, 0.4) is 0 Å². The van der Waals surface area contributed by atoms with Gasteiger partial charge in [0, 0.05) is 30.3 Å². The zero-order valence-electron chi connectivity index (χ0n) is 10.9. The van der Waals surface area contributed by atoms with Gasteiger partial charge in [0.25, 0.3) is 0 Å². The highest BCUT2D eigenvalue weighted by molar-refractivity contribution is 5.77. The lowest BCUT2D eigenvalue weighted by Crippen LogP contribution is -2.33. The van der Waals surface area contributed by atoms with Crippen molar-refractivity contribution >= 4 is 5.97 Å². The number of carbonyl (C=O) groups excluding carboxylic acids is 1. The largest absolute Gasteiger partial charge is 0.496 e. The molecule has 0 aromatic carbocycles. The molecular formula is C13H18N2O3. The molecule has 18 heavy (non-hydrogen) atoms. The Morgan fingerprint density at radius 1 is 1.56 bits per heavy atom. The number of aromatic nitrogens is 1. The van der Waals surface area contributed by atoms with Crippen molar-refractivity contribution in [3.05, 3.63) is 23.0 Å². The molecule has 1 aromatic rings. The van der Waals surface area contributed by atoms with Crippen molar-refractivity contribution in [1.82, 2.24) is 10.3 Å². The Kier molecular flexibility index (Phi) is 3.81. The summed E-state index contributed by atoms with van der Waals surface area (Å²) in [4.78, 5) is 15.7. The van der Waals surface area contributed by atoms with Gasteiger partial charge in [0.05, 0.1) is 19.4 Å². The van der Waals surface area contributed by atoms with E-state index in [1.165, 1.54) is 0 Å². The number of hydrogen-bond acceptors (Lipinski definition) is 5. The molecule has 2 rings (SSSR count). The highest BCUT2D eigenvalue weighted by Gasteiger charge is 2.26. The average Bonchev–Trinajstić information content (AvgIpc) is 2.75. The second-order valence-electron chi connectivity index (χ2n) is 4.44. The summed E-state index contributed by atoms with van der Waals surface area (Å²) in [6.07, 6.45) is 2.51. The smallest absolute Gasteiger partial charge is 0.323 e. The molecule has 1 saturated heterocycles. The van der Waals surface area contributed by atoms with Crippen LogP contribution in [0.2, 0.25) is 0 Å². The average molecular weight is 250 g/mol. The number of nitrogens with zero attached hydrogens (tertiary/aromatic N) is 1. The fourth-order valence-corrected chi connectivity index (χ4v) is 2.15. The minimum Gasteiger partial charge on any atom is -0.496 e. The number of esters is 1. The molecule has 0 bridgehead atoms. The fraction of sp³-hybridized carbons (Fsp3) is 0.538. The van der Waals surface area contributed by atoms with Gasteiger partial charge in [-0.1, -0.05) is 0 Å². The molecule has 1 N–H and O–H groups in total. The molecule has 1 aliphatic rings. The number of methoxy groups -OCH3 is 1. The SMILES string of the molecule is COc1c(C)cnc(CNC2CCOC2=O)c1C. The Hall–Kier alpha value is -1.62. The van der Waals surface area contributed by atoms with Gasteiger partial charge in [-0.05, 0) is 13.8 Å². The standard InChI is InChI=1S/C13H18N2O3/c1-8-6-14-11(9(2)12(8)17-3)7-15-10-4-5-18-13(10)16/h6,10,15H,4-5,7H2,1-3H3. The topological polar surface area (TPSA) is 60.4 Å². The third-order valence-corrected chi connectivity index (χ3v) is 3.20. The molecule has 0 radical (unpaired) electrons. The lowest BCUT2D eigenvalue weighted by atomic mass is 10.1. The van der Waals surface area contributed by atoms with Gasteiger partial charge in [-0.25, -0.2) is 0 Å². The van der Waals surface area contributed by atoms with Crippen LogP contribution < -0.4 is 10.1 Å². The van der Waals surface area contributed by atoms with E-state index in [1.54, 1.807) is 13.3 Å². The van der Waals surface area contributed by atoms with Crippen LogP contribution in [0.4, 0.5) is 0 Å². The molecule has 5 heteroatoms. The number of hydrogen-bond donors (Lipinski definition) is 1. The van der Waals surface area contributed by atoms with Crippen LogP contribution in [0.25, 0.3) is 0 Å². The van der Waals surface area contributed by atoms with Crippen molar-refractivity contribution in [3.8, 4) is 5.75 Å². The monoisotopic (exact) mass is 250 g/mol. The summed E-state index contributed by atoms with van der Waals surface area (Å²) in [6, 6.07) is -0.210. The molecule has 5 nitrogen and oxygen atoms in total. The Labute approximate surface area is 107 Å². The van der Waals surface area contributed by atoms with Crippen molar-refractivity contribution in [2.45, 2.75) is 32.9 Å². The van der Waals surface area contributed by atoms with E-state index >= 15 is 0 Å². The van der Waals surface area contributed by atoms with Crippen molar-refractivity contribution in [2.24, 2.45) is 0 Å². The van der Waals surface area contributed by atoms with Crippen LogP contribution in [-0.2, 0) is 16.1 Å².